The summed E-state index contributed by atoms with van der Waals surface area (Å²) in [7, 11) is 0. The van der Waals surface area contributed by atoms with Crippen molar-refractivity contribution in [1.82, 2.24) is 25.8 Å². The maximum atomic E-state index is 14.0. The number of benzene rings is 2. The Hall–Kier alpha value is -4.79. The summed E-state index contributed by atoms with van der Waals surface area (Å²) in [5.41, 5.74) is 0.705. The molecule has 2 aromatic rings. The van der Waals surface area contributed by atoms with E-state index in [2.05, 4.69) is 16.0 Å². The highest BCUT2D eigenvalue weighted by Gasteiger charge is 2.43. The highest BCUT2D eigenvalue weighted by Crippen LogP contribution is 2.23. The van der Waals surface area contributed by atoms with Crippen LogP contribution in [0.1, 0.15) is 52.2 Å². The molecule has 2 aromatic carbocycles. The minimum absolute atomic E-state index is 0.0537. The number of hydrogen-bond donors (Lipinski definition) is 4. The van der Waals surface area contributed by atoms with Crippen LogP contribution in [-0.2, 0) is 46.3 Å². The minimum atomic E-state index is -1.08. The zero-order valence-corrected chi connectivity index (χ0v) is 31.5. The molecule has 1 aliphatic heterocycles. The number of hydrogen-bond acceptors (Lipinski definition) is 10. The average molecular weight is 742 g/mol. The molecule has 1 saturated heterocycles. The lowest BCUT2D eigenvalue weighted by Crippen LogP contribution is -2.64. The fraction of sp³-hybridized carbons (Fsp3) is 0.514. The Morgan fingerprint density at radius 3 is 2.21 bits per heavy atom. The quantitative estimate of drug-likeness (QED) is 0.187. The van der Waals surface area contributed by atoms with Crippen LogP contribution < -0.4 is 16.0 Å². The maximum Gasteiger partial charge on any atom is 0.411 e. The topological polar surface area (TPSA) is 184 Å². The summed E-state index contributed by atoms with van der Waals surface area (Å²) in [6.45, 7) is 8.19. The molecule has 0 bridgehead atoms. The van der Waals surface area contributed by atoms with Gasteiger partial charge in [0.25, 0.3) is 0 Å². The third kappa shape index (κ3) is 12.8. The van der Waals surface area contributed by atoms with E-state index < -0.39 is 66.1 Å². The lowest BCUT2D eigenvalue weighted by atomic mass is 10.00. The Labute approximate surface area is 309 Å². The fourth-order valence-electron chi connectivity index (χ4n) is 5.59. The van der Waals surface area contributed by atoms with Crippen LogP contribution in [0.5, 0.6) is 5.75 Å². The number of esters is 1. The molecule has 0 spiro atoms. The van der Waals surface area contributed by atoms with Gasteiger partial charge in [-0.15, -0.1) is 0 Å². The van der Waals surface area contributed by atoms with E-state index in [1.54, 1.807) is 39.8 Å². The van der Waals surface area contributed by atoms with E-state index in [4.69, 9.17) is 9.47 Å². The number of aromatic hydroxyl groups is 1. The van der Waals surface area contributed by atoms with Crippen molar-refractivity contribution < 1.29 is 43.3 Å². The van der Waals surface area contributed by atoms with Crippen LogP contribution in [0.25, 0.3) is 0 Å². The van der Waals surface area contributed by atoms with E-state index in [1.165, 1.54) is 40.6 Å². The highest BCUT2D eigenvalue weighted by molar-refractivity contribution is 7.98. The SMILES string of the molecule is CCOC(=O)[C@H](Cc1ccc(O)cc1)NC(=O)[C@@H](C)NC(=O)CNC(=O)[C@H](Cc1ccccc1)N1CCN(C(=O)OC(C)(C)C)[C@H](CCSC)C1=O. The molecular weight excluding hydrogens is 691 g/mol. The summed E-state index contributed by atoms with van der Waals surface area (Å²) in [5.74, 6) is -2.28. The molecule has 0 radical (unpaired) electrons. The van der Waals surface area contributed by atoms with E-state index in [0.29, 0.717) is 17.7 Å². The first-order valence-electron chi connectivity index (χ1n) is 17.3. The van der Waals surface area contributed by atoms with Crippen LogP contribution >= 0.6 is 11.8 Å². The molecule has 0 saturated carbocycles. The molecule has 14 nitrogen and oxygen atoms in total. The first kappa shape index (κ1) is 41.6. The van der Waals surface area contributed by atoms with Crippen molar-refractivity contribution in [2.45, 2.75) is 83.6 Å². The van der Waals surface area contributed by atoms with Gasteiger partial charge in [-0.3, -0.25) is 24.1 Å². The predicted molar refractivity (Wildman–Crippen MR) is 196 cm³/mol. The van der Waals surface area contributed by atoms with Gasteiger partial charge in [-0.25, -0.2) is 9.59 Å². The first-order valence-corrected chi connectivity index (χ1v) is 18.7. The van der Waals surface area contributed by atoms with Gasteiger partial charge in [0.2, 0.25) is 23.6 Å². The van der Waals surface area contributed by atoms with Crippen molar-refractivity contribution in [2.75, 3.05) is 38.2 Å². The number of piperazine rings is 1. The van der Waals surface area contributed by atoms with Crippen LogP contribution in [0.4, 0.5) is 4.79 Å². The molecule has 1 fully saturated rings. The van der Waals surface area contributed by atoms with Gasteiger partial charge in [-0.2, -0.15) is 11.8 Å². The molecular formula is C37H51N5O9S. The van der Waals surface area contributed by atoms with Gasteiger partial charge in [-0.1, -0.05) is 42.5 Å². The summed E-state index contributed by atoms with van der Waals surface area (Å²) in [6.07, 6.45) is 1.92. The summed E-state index contributed by atoms with van der Waals surface area (Å²) >= 11 is 1.53. The van der Waals surface area contributed by atoms with Crippen molar-refractivity contribution in [2.24, 2.45) is 0 Å². The second kappa shape index (κ2) is 19.7. The van der Waals surface area contributed by atoms with Gasteiger partial charge in [0.05, 0.1) is 13.2 Å². The Morgan fingerprint density at radius 1 is 0.942 bits per heavy atom. The Balaban J connectivity index is 1.70. The van der Waals surface area contributed by atoms with E-state index in [-0.39, 0.29) is 44.2 Å². The molecule has 0 aliphatic carbocycles. The van der Waals surface area contributed by atoms with Crippen LogP contribution in [0.3, 0.4) is 0 Å². The largest absolute Gasteiger partial charge is 0.508 e. The standard InChI is InChI=1S/C37H51N5O9S/c1-7-50-35(48)28(21-26-13-15-27(43)16-14-26)40-32(45)24(2)39-31(44)23-38-33(46)30(22-25-11-9-8-10-12-25)41-18-19-42(36(49)51-37(3,4)5)29(34(41)47)17-20-52-6/h8-16,24,28-30,43H,7,17-23H2,1-6H3,(H,38,46)(H,39,44)(H,40,45)/t24-,28+,29-,30+/m1/s1. The smallest absolute Gasteiger partial charge is 0.411 e. The molecule has 15 heteroatoms. The van der Waals surface area contributed by atoms with E-state index in [1.807, 2.05) is 36.6 Å². The average Bonchev–Trinajstić information content (AvgIpc) is 3.09. The molecule has 1 aliphatic rings. The van der Waals surface area contributed by atoms with Gasteiger partial charge < -0.3 is 35.4 Å². The number of carbonyl (C=O) groups is 6. The lowest BCUT2D eigenvalue weighted by Gasteiger charge is -2.43. The van der Waals surface area contributed by atoms with E-state index in [9.17, 15) is 33.9 Å². The number of phenols is 1. The molecule has 0 aromatic heterocycles. The number of phenolic OH excluding ortho intramolecular Hbond substituents is 1. The van der Waals surface area contributed by atoms with Crippen molar-refractivity contribution in [1.29, 1.82) is 0 Å². The molecule has 284 valence electrons. The van der Waals surface area contributed by atoms with Crippen LogP contribution in [-0.4, -0.2) is 119 Å². The molecule has 4 N–H and O–H groups in total. The number of carbonyl (C=O) groups excluding carboxylic acids is 6. The van der Waals surface area contributed by atoms with Gasteiger partial charge in [0.15, 0.2) is 0 Å². The maximum absolute atomic E-state index is 14.0. The van der Waals surface area contributed by atoms with Gasteiger partial charge in [0.1, 0.15) is 35.5 Å². The zero-order chi connectivity index (χ0) is 38.4. The summed E-state index contributed by atoms with van der Waals surface area (Å²) in [6, 6.07) is 11.4. The van der Waals surface area contributed by atoms with Gasteiger partial charge in [0, 0.05) is 25.9 Å². The summed E-state index contributed by atoms with van der Waals surface area (Å²) in [4.78, 5) is 82.4. The predicted octanol–water partition coefficient (Wildman–Crippen LogP) is 2.42. The zero-order valence-electron chi connectivity index (χ0n) is 30.7. The first-order chi connectivity index (χ1) is 24.6. The normalized spacial score (nSPS) is 16.3. The van der Waals surface area contributed by atoms with Crippen molar-refractivity contribution in [3.05, 3.63) is 65.7 Å². The third-order valence-corrected chi connectivity index (χ3v) is 8.80. The summed E-state index contributed by atoms with van der Waals surface area (Å²) in [5, 5.41) is 17.3. The van der Waals surface area contributed by atoms with Crippen molar-refractivity contribution in [3.63, 3.8) is 0 Å². The Kier molecular flexibility index (Phi) is 15.8. The Morgan fingerprint density at radius 2 is 1.60 bits per heavy atom. The number of nitrogens with one attached hydrogen (secondary N) is 3. The van der Waals surface area contributed by atoms with Gasteiger partial charge >= 0.3 is 12.1 Å². The monoisotopic (exact) mass is 741 g/mol. The van der Waals surface area contributed by atoms with Crippen LogP contribution in [0.15, 0.2) is 54.6 Å². The fourth-order valence-corrected chi connectivity index (χ4v) is 6.05. The number of rotatable bonds is 16. The number of thioether (sulfide) groups is 1. The number of amides is 5. The molecule has 0 unspecified atom stereocenters. The van der Waals surface area contributed by atoms with Crippen LogP contribution in [0, 0.1) is 0 Å². The molecule has 3 rings (SSSR count). The Bertz CT molecular complexity index is 1530. The van der Waals surface area contributed by atoms with E-state index >= 15 is 0 Å². The van der Waals surface area contributed by atoms with Crippen molar-refractivity contribution in [3.8, 4) is 5.75 Å². The summed E-state index contributed by atoms with van der Waals surface area (Å²) < 4.78 is 10.7. The number of ether oxygens (including phenoxy) is 2. The van der Waals surface area contributed by atoms with Crippen LogP contribution in [0.2, 0.25) is 0 Å². The number of nitrogens with zero attached hydrogens (tertiary/aromatic N) is 2. The second-order valence-electron chi connectivity index (χ2n) is 13.4. The van der Waals surface area contributed by atoms with E-state index in [0.717, 1.165) is 5.56 Å². The molecule has 1 heterocycles. The minimum Gasteiger partial charge on any atom is -0.508 e. The third-order valence-electron chi connectivity index (χ3n) is 8.16. The van der Waals surface area contributed by atoms with Crippen molar-refractivity contribution >= 4 is 47.5 Å². The second-order valence-corrected chi connectivity index (χ2v) is 14.4. The lowest BCUT2D eigenvalue weighted by molar-refractivity contribution is -0.149. The van der Waals surface area contributed by atoms with Gasteiger partial charge in [-0.05, 0) is 76.3 Å². The molecule has 5 amide bonds. The molecule has 4 atom stereocenters. The molecule has 52 heavy (non-hydrogen) atoms. The highest BCUT2D eigenvalue weighted by atomic mass is 32.2.